The average molecular weight is 275 g/mol. The first-order chi connectivity index (χ1) is 9.67. The van der Waals surface area contributed by atoms with E-state index in [1.807, 2.05) is 6.92 Å². The molecule has 1 aromatic heterocycles. The SMILES string of the molecule is CCN1CCC(CNc2nc(C3CC3)nc(N)c2C)C1. The lowest BCUT2D eigenvalue weighted by Gasteiger charge is -2.16. The van der Waals surface area contributed by atoms with Crippen molar-refractivity contribution in [3.63, 3.8) is 0 Å². The molecule has 2 aliphatic rings. The van der Waals surface area contributed by atoms with Crippen molar-refractivity contribution in [1.29, 1.82) is 0 Å². The number of nitrogens with one attached hydrogen (secondary N) is 1. The Morgan fingerprint density at radius 3 is 2.75 bits per heavy atom. The van der Waals surface area contributed by atoms with Gasteiger partial charge in [-0.05, 0) is 45.2 Å². The summed E-state index contributed by atoms with van der Waals surface area (Å²) in [6, 6.07) is 0. The lowest BCUT2D eigenvalue weighted by atomic mass is 10.1. The van der Waals surface area contributed by atoms with Crippen LogP contribution in [0.25, 0.3) is 0 Å². The maximum absolute atomic E-state index is 6.02. The van der Waals surface area contributed by atoms with Gasteiger partial charge in [-0.15, -0.1) is 0 Å². The Morgan fingerprint density at radius 2 is 2.10 bits per heavy atom. The molecule has 1 aromatic rings. The number of rotatable bonds is 5. The van der Waals surface area contributed by atoms with Gasteiger partial charge in [-0.25, -0.2) is 9.97 Å². The van der Waals surface area contributed by atoms with Gasteiger partial charge in [-0.1, -0.05) is 6.92 Å². The monoisotopic (exact) mass is 275 g/mol. The molecule has 1 unspecified atom stereocenters. The van der Waals surface area contributed by atoms with Crippen molar-refractivity contribution in [1.82, 2.24) is 14.9 Å². The van der Waals surface area contributed by atoms with E-state index < -0.39 is 0 Å². The highest BCUT2D eigenvalue weighted by Gasteiger charge is 2.28. The van der Waals surface area contributed by atoms with Crippen molar-refractivity contribution < 1.29 is 0 Å². The molecular formula is C15H25N5. The molecule has 2 heterocycles. The first-order valence-electron chi connectivity index (χ1n) is 7.77. The number of nitrogens with two attached hydrogens (primary N) is 1. The summed E-state index contributed by atoms with van der Waals surface area (Å²) in [7, 11) is 0. The van der Waals surface area contributed by atoms with Gasteiger partial charge in [-0.3, -0.25) is 0 Å². The molecule has 20 heavy (non-hydrogen) atoms. The fourth-order valence-corrected chi connectivity index (χ4v) is 2.86. The average Bonchev–Trinajstić information content (AvgIpc) is 3.19. The van der Waals surface area contributed by atoms with E-state index in [2.05, 4.69) is 27.1 Å². The molecule has 1 aliphatic heterocycles. The molecule has 0 spiro atoms. The van der Waals surface area contributed by atoms with Crippen LogP contribution in [0.4, 0.5) is 11.6 Å². The van der Waals surface area contributed by atoms with Gasteiger partial charge >= 0.3 is 0 Å². The van der Waals surface area contributed by atoms with Crippen molar-refractivity contribution >= 4 is 11.6 Å². The molecule has 0 aromatic carbocycles. The summed E-state index contributed by atoms with van der Waals surface area (Å²) < 4.78 is 0. The predicted molar refractivity (Wildman–Crippen MR) is 81.9 cm³/mol. The second kappa shape index (κ2) is 5.56. The number of nitrogen functional groups attached to an aromatic ring is 1. The Hall–Kier alpha value is -1.36. The lowest BCUT2D eigenvalue weighted by molar-refractivity contribution is 0.345. The molecule has 1 aliphatic carbocycles. The maximum Gasteiger partial charge on any atom is 0.136 e. The summed E-state index contributed by atoms with van der Waals surface area (Å²) in [5, 5.41) is 3.51. The smallest absolute Gasteiger partial charge is 0.136 e. The summed E-state index contributed by atoms with van der Waals surface area (Å²) in [4.78, 5) is 11.6. The third kappa shape index (κ3) is 2.87. The van der Waals surface area contributed by atoms with E-state index in [1.54, 1.807) is 0 Å². The maximum atomic E-state index is 6.02. The largest absolute Gasteiger partial charge is 0.383 e. The van der Waals surface area contributed by atoms with E-state index in [4.69, 9.17) is 5.73 Å². The number of aromatic nitrogens is 2. The highest BCUT2D eigenvalue weighted by molar-refractivity contribution is 5.55. The third-order valence-corrected chi connectivity index (χ3v) is 4.52. The number of hydrogen-bond donors (Lipinski definition) is 2. The van der Waals surface area contributed by atoms with Crippen molar-refractivity contribution in [3.05, 3.63) is 11.4 Å². The lowest BCUT2D eigenvalue weighted by Crippen LogP contribution is -2.23. The zero-order valence-corrected chi connectivity index (χ0v) is 12.5. The van der Waals surface area contributed by atoms with Gasteiger partial charge < -0.3 is 16.0 Å². The van der Waals surface area contributed by atoms with E-state index in [0.717, 1.165) is 36.2 Å². The van der Waals surface area contributed by atoms with Crippen LogP contribution in [0.15, 0.2) is 0 Å². The molecule has 2 fully saturated rings. The van der Waals surface area contributed by atoms with Gasteiger partial charge in [0.05, 0.1) is 0 Å². The van der Waals surface area contributed by atoms with Crippen molar-refractivity contribution in [3.8, 4) is 0 Å². The molecule has 1 saturated heterocycles. The topological polar surface area (TPSA) is 67.1 Å². The quantitative estimate of drug-likeness (QED) is 0.860. The number of nitrogens with zero attached hydrogens (tertiary/aromatic N) is 3. The fourth-order valence-electron chi connectivity index (χ4n) is 2.86. The van der Waals surface area contributed by atoms with E-state index in [9.17, 15) is 0 Å². The van der Waals surface area contributed by atoms with Gasteiger partial charge in [0.1, 0.15) is 17.5 Å². The van der Waals surface area contributed by atoms with Crippen LogP contribution in [0, 0.1) is 12.8 Å². The summed E-state index contributed by atoms with van der Waals surface area (Å²) in [5.41, 5.74) is 7.00. The molecule has 110 valence electrons. The minimum Gasteiger partial charge on any atom is -0.383 e. The third-order valence-electron chi connectivity index (χ3n) is 4.52. The van der Waals surface area contributed by atoms with Crippen LogP contribution in [-0.2, 0) is 0 Å². The van der Waals surface area contributed by atoms with Crippen LogP contribution >= 0.6 is 0 Å². The van der Waals surface area contributed by atoms with Gasteiger partial charge in [0.25, 0.3) is 0 Å². The second-order valence-electron chi connectivity index (χ2n) is 6.14. The fraction of sp³-hybridized carbons (Fsp3) is 0.733. The van der Waals surface area contributed by atoms with Gasteiger partial charge in [0, 0.05) is 24.6 Å². The van der Waals surface area contributed by atoms with E-state index in [0.29, 0.717) is 11.7 Å². The Labute approximate surface area is 121 Å². The standard InChI is InChI=1S/C15H25N5/c1-3-20-7-6-11(9-20)8-17-14-10(2)13(16)18-15(19-14)12-4-5-12/h11-12H,3-9H2,1-2H3,(H3,16,17,18,19). The molecule has 0 amide bonds. The van der Waals surface area contributed by atoms with E-state index in [-0.39, 0.29) is 0 Å². The van der Waals surface area contributed by atoms with Crippen molar-refractivity contribution in [2.75, 3.05) is 37.2 Å². The Morgan fingerprint density at radius 1 is 1.30 bits per heavy atom. The number of anilines is 2. The molecule has 1 saturated carbocycles. The molecule has 1 atom stereocenters. The first-order valence-corrected chi connectivity index (χ1v) is 7.77. The minimum absolute atomic E-state index is 0.542. The van der Waals surface area contributed by atoms with E-state index >= 15 is 0 Å². The van der Waals surface area contributed by atoms with Gasteiger partial charge in [-0.2, -0.15) is 0 Å². The second-order valence-corrected chi connectivity index (χ2v) is 6.14. The Kier molecular flexibility index (Phi) is 3.78. The zero-order chi connectivity index (χ0) is 14.1. The zero-order valence-electron chi connectivity index (χ0n) is 12.5. The van der Waals surface area contributed by atoms with Crippen LogP contribution in [0.5, 0.6) is 0 Å². The highest BCUT2D eigenvalue weighted by Crippen LogP contribution is 2.39. The highest BCUT2D eigenvalue weighted by atomic mass is 15.1. The first kappa shape index (κ1) is 13.6. The van der Waals surface area contributed by atoms with Gasteiger partial charge in [0.15, 0.2) is 0 Å². The summed E-state index contributed by atoms with van der Waals surface area (Å²) in [6.07, 6.45) is 3.68. The van der Waals surface area contributed by atoms with Crippen molar-refractivity contribution in [2.45, 2.75) is 39.0 Å². The normalized spacial score (nSPS) is 23.2. The molecule has 0 radical (unpaired) electrons. The molecule has 0 bridgehead atoms. The molecular weight excluding hydrogens is 250 g/mol. The minimum atomic E-state index is 0.542. The molecule has 5 heteroatoms. The Bertz CT molecular complexity index is 483. The number of hydrogen-bond acceptors (Lipinski definition) is 5. The summed E-state index contributed by atoms with van der Waals surface area (Å²) >= 11 is 0. The van der Waals surface area contributed by atoms with E-state index in [1.165, 1.54) is 32.4 Å². The number of likely N-dealkylation sites (tertiary alicyclic amines) is 1. The predicted octanol–water partition coefficient (Wildman–Crippen LogP) is 2.00. The van der Waals surface area contributed by atoms with Crippen LogP contribution in [-0.4, -0.2) is 41.0 Å². The molecule has 3 N–H and O–H groups in total. The van der Waals surface area contributed by atoms with Crippen molar-refractivity contribution in [2.24, 2.45) is 5.92 Å². The molecule has 3 rings (SSSR count). The molecule has 5 nitrogen and oxygen atoms in total. The summed E-state index contributed by atoms with van der Waals surface area (Å²) in [5.74, 6) is 3.76. The van der Waals surface area contributed by atoms with Crippen LogP contribution in [0.1, 0.15) is 43.5 Å². The van der Waals surface area contributed by atoms with Gasteiger partial charge in [0.2, 0.25) is 0 Å². The van der Waals surface area contributed by atoms with Crippen LogP contribution < -0.4 is 11.1 Å². The summed E-state index contributed by atoms with van der Waals surface area (Å²) in [6.45, 7) is 8.79. The van der Waals surface area contributed by atoms with Crippen LogP contribution in [0.3, 0.4) is 0 Å². The Balaban J connectivity index is 1.64. The van der Waals surface area contributed by atoms with Crippen LogP contribution in [0.2, 0.25) is 0 Å².